The molecule has 1 saturated carbocycles. The van der Waals surface area contributed by atoms with Crippen LogP contribution in [0.25, 0.3) is 0 Å². The van der Waals surface area contributed by atoms with Crippen LogP contribution in [0, 0.1) is 5.41 Å². The summed E-state index contributed by atoms with van der Waals surface area (Å²) in [6.45, 7) is 1.29. The monoisotopic (exact) mass is 224 g/mol. The van der Waals surface area contributed by atoms with E-state index in [1.54, 1.807) is 11.0 Å². The first-order valence-corrected chi connectivity index (χ1v) is 5.44. The Bertz CT molecular complexity index is 346. The zero-order chi connectivity index (χ0) is 11.4. The van der Waals surface area contributed by atoms with Crippen molar-refractivity contribution in [2.45, 2.75) is 25.8 Å². The molecule has 1 aromatic heterocycles. The van der Waals surface area contributed by atoms with Gasteiger partial charge in [0.2, 0.25) is 5.91 Å². The zero-order valence-electron chi connectivity index (χ0n) is 9.09. The van der Waals surface area contributed by atoms with E-state index in [-0.39, 0.29) is 17.9 Å². The summed E-state index contributed by atoms with van der Waals surface area (Å²) in [5.41, 5.74) is -0.0249. The minimum absolute atomic E-state index is 0.00442. The van der Waals surface area contributed by atoms with E-state index in [9.17, 15) is 4.79 Å². The van der Waals surface area contributed by atoms with Crippen molar-refractivity contribution in [2.75, 3.05) is 13.2 Å². The lowest BCUT2D eigenvalue weighted by Crippen LogP contribution is -2.32. The second-order valence-corrected chi connectivity index (χ2v) is 4.34. The van der Waals surface area contributed by atoms with Crippen LogP contribution in [0.3, 0.4) is 0 Å². The molecule has 0 unspecified atom stereocenters. The minimum atomic E-state index is -0.0249. The number of aliphatic hydroxyl groups excluding tert-OH is 1. The molecule has 1 aliphatic rings. The normalized spacial score (nSPS) is 17.1. The Morgan fingerprint density at radius 2 is 2.38 bits per heavy atom. The van der Waals surface area contributed by atoms with Gasteiger partial charge >= 0.3 is 0 Å². The Morgan fingerprint density at radius 1 is 1.56 bits per heavy atom. The van der Waals surface area contributed by atoms with Crippen molar-refractivity contribution in [3.05, 3.63) is 12.7 Å². The third kappa shape index (κ3) is 2.79. The number of carbonyl (C=O) groups excluding carboxylic acids is 1. The first-order valence-electron chi connectivity index (χ1n) is 5.44. The van der Waals surface area contributed by atoms with E-state index in [1.807, 2.05) is 0 Å². The highest BCUT2D eigenvalue weighted by molar-refractivity contribution is 5.75. The van der Waals surface area contributed by atoms with Crippen molar-refractivity contribution < 1.29 is 9.90 Å². The molecule has 1 amide bonds. The molecule has 0 saturated heterocycles. The fourth-order valence-corrected chi connectivity index (χ4v) is 1.51. The summed E-state index contributed by atoms with van der Waals surface area (Å²) >= 11 is 0. The highest BCUT2D eigenvalue weighted by atomic mass is 16.3. The van der Waals surface area contributed by atoms with Crippen molar-refractivity contribution in [3.63, 3.8) is 0 Å². The Morgan fingerprint density at radius 3 is 2.94 bits per heavy atom. The average Bonchev–Trinajstić information content (AvgIpc) is 2.90. The summed E-state index contributed by atoms with van der Waals surface area (Å²) in [6, 6.07) is 0. The molecule has 0 aliphatic heterocycles. The van der Waals surface area contributed by atoms with Crippen molar-refractivity contribution in [2.24, 2.45) is 5.41 Å². The van der Waals surface area contributed by atoms with Crippen LogP contribution in [0.2, 0.25) is 0 Å². The third-order valence-electron chi connectivity index (χ3n) is 2.99. The number of aliphatic hydroxyl groups is 1. The second-order valence-electron chi connectivity index (χ2n) is 4.34. The molecular weight excluding hydrogens is 208 g/mol. The standard InChI is InChI=1S/C10H16N4O2/c15-6-10(2-3-10)5-12-9(16)1-4-14-8-11-7-13-14/h7-8,15H,1-6H2,(H,12,16). The SMILES string of the molecule is O=C(CCn1cncn1)NCC1(CO)CC1. The van der Waals surface area contributed by atoms with Gasteiger partial charge in [0.15, 0.2) is 0 Å². The second kappa shape index (κ2) is 4.61. The number of amides is 1. The van der Waals surface area contributed by atoms with Crippen LogP contribution in [0.15, 0.2) is 12.7 Å². The Balaban J connectivity index is 1.65. The number of hydrogen-bond acceptors (Lipinski definition) is 4. The Labute approximate surface area is 93.7 Å². The molecule has 1 fully saturated rings. The lowest BCUT2D eigenvalue weighted by atomic mass is 10.1. The average molecular weight is 224 g/mol. The van der Waals surface area contributed by atoms with Gasteiger partial charge in [-0.2, -0.15) is 5.10 Å². The van der Waals surface area contributed by atoms with E-state index in [0.717, 1.165) is 12.8 Å². The van der Waals surface area contributed by atoms with Crippen LogP contribution < -0.4 is 5.32 Å². The first-order chi connectivity index (χ1) is 7.74. The number of aryl methyl sites for hydroxylation is 1. The van der Waals surface area contributed by atoms with Crippen LogP contribution in [-0.4, -0.2) is 38.9 Å². The quantitative estimate of drug-likeness (QED) is 0.686. The molecule has 0 radical (unpaired) electrons. The van der Waals surface area contributed by atoms with Gasteiger partial charge in [0.25, 0.3) is 0 Å². The molecule has 0 atom stereocenters. The third-order valence-corrected chi connectivity index (χ3v) is 2.99. The van der Waals surface area contributed by atoms with E-state index in [1.165, 1.54) is 6.33 Å². The summed E-state index contributed by atoms with van der Waals surface area (Å²) in [6.07, 6.45) is 5.44. The van der Waals surface area contributed by atoms with Gasteiger partial charge in [0, 0.05) is 18.4 Å². The molecule has 88 valence electrons. The number of hydrogen-bond donors (Lipinski definition) is 2. The molecule has 1 aliphatic carbocycles. The molecule has 0 spiro atoms. The van der Waals surface area contributed by atoms with E-state index in [4.69, 9.17) is 5.11 Å². The van der Waals surface area contributed by atoms with Crippen LogP contribution in [0.1, 0.15) is 19.3 Å². The number of nitrogens with one attached hydrogen (secondary N) is 1. The number of carbonyl (C=O) groups is 1. The topological polar surface area (TPSA) is 80.0 Å². The van der Waals surface area contributed by atoms with Gasteiger partial charge in [-0.3, -0.25) is 9.48 Å². The fourth-order valence-electron chi connectivity index (χ4n) is 1.51. The van der Waals surface area contributed by atoms with E-state index >= 15 is 0 Å². The van der Waals surface area contributed by atoms with Gasteiger partial charge in [-0.1, -0.05) is 0 Å². The Hall–Kier alpha value is -1.43. The fraction of sp³-hybridized carbons (Fsp3) is 0.700. The zero-order valence-corrected chi connectivity index (χ0v) is 9.09. The summed E-state index contributed by atoms with van der Waals surface area (Å²) in [5.74, 6) is -0.00442. The van der Waals surface area contributed by atoms with Crippen molar-refractivity contribution in [1.29, 1.82) is 0 Å². The summed E-state index contributed by atoms with van der Waals surface area (Å²) in [5, 5.41) is 15.8. The maximum Gasteiger partial charge on any atom is 0.221 e. The van der Waals surface area contributed by atoms with Crippen LogP contribution in [-0.2, 0) is 11.3 Å². The van der Waals surface area contributed by atoms with Crippen molar-refractivity contribution >= 4 is 5.91 Å². The van der Waals surface area contributed by atoms with Crippen LogP contribution in [0.5, 0.6) is 0 Å². The van der Waals surface area contributed by atoms with Crippen molar-refractivity contribution in [1.82, 2.24) is 20.1 Å². The van der Waals surface area contributed by atoms with Gasteiger partial charge in [0.1, 0.15) is 12.7 Å². The molecular formula is C10H16N4O2. The van der Waals surface area contributed by atoms with Gasteiger partial charge in [-0.15, -0.1) is 0 Å². The van der Waals surface area contributed by atoms with Gasteiger partial charge in [-0.05, 0) is 12.8 Å². The molecule has 0 bridgehead atoms. The molecule has 6 heteroatoms. The maximum absolute atomic E-state index is 11.5. The Kier molecular flexibility index (Phi) is 3.19. The predicted octanol–water partition coefficient (Wildman–Crippen LogP) is -0.443. The molecule has 0 aromatic carbocycles. The summed E-state index contributed by atoms with van der Waals surface area (Å²) in [7, 11) is 0. The smallest absolute Gasteiger partial charge is 0.221 e. The first kappa shape index (κ1) is 11.1. The number of aromatic nitrogens is 3. The largest absolute Gasteiger partial charge is 0.396 e. The highest BCUT2D eigenvalue weighted by Gasteiger charge is 2.41. The number of nitrogens with zero attached hydrogens (tertiary/aromatic N) is 3. The van der Waals surface area contributed by atoms with Gasteiger partial charge < -0.3 is 10.4 Å². The molecule has 1 heterocycles. The van der Waals surface area contributed by atoms with E-state index < -0.39 is 0 Å². The van der Waals surface area contributed by atoms with E-state index in [0.29, 0.717) is 19.5 Å². The van der Waals surface area contributed by atoms with Gasteiger partial charge in [0.05, 0.1) is 13.2 Å². The highest BCUT2D eigenvalue weighted by Crippen LogP contribution is 2.44. The van der Waals surface area contributed by atoms with Crippen molar-refractivity contribution in [3.8, 4) is 0 Å². The summed E-state index contributed by atoms with van der Waals surface area (Å²) in [4.78, 5) is 15.3. The van der Waals surface area contributed by atoms with E-state index in [2.05, 4.69) is 15.4 Å². The van der Waals surface area contributed by atoms with Crippen LogP contribution in [0.4, 0.5) is 0 Å². The summed E-state index contributed by atoms with van der Waals surface area (Å²) < 4.78 is 1.62. The molecule has 2 N–H and O–H groups in total. The minimum Gasteiger partial charge on any atom is -0.396 e. The van der Waals surface area contributed by atoms with Gasteiger partial charge in [-0.25, -0.2) is 4.98 Å². The lowest BCUT2D eigenvalue weighted by Gasteiger charge is -2.12. The number of rotatable bonds is 6. The van der Waals surface area contributed by atoms with Crippen LogP contribution >= 0.6 is 0 Å². The predicted molar refractivity (Wildman–Crippen MR) is 56.4 cm³/mol. The lowest BCUT2D eigenvalue weighted by molar-refractivity contribution is -0.121. The maximum atomic E-state index is 11.5. The molecule has 2 rings (SSSR count). The molecule has 1 aromatic rings. The molecule has 16 heavy (non-hydrogen) atoms. The molecule has 6 nitrogen and oxygen atoms in total.